The Balaban J connectivity index is 0.000000316. The highest BCUT2D eigenvalue weighted by Crippen LogP contribution is 2.26. The van der Waals surface area contributed by atoms with Gasteiger partial charge < -0.3 is 10.0 Å². The Labute approximate surface area is 152 Å². The lowest BCUT2D eigenvalue weighted by atomic mass is 10.3. The molecule has 6 heteroatoms. The number of allylic oxidation sites excluding steroid dienone is 2. The molecule has 0 bridgehead atoms. The van der Waals surface area contributed by atoms with Crippen molar-refractivity contribution in [3.05, 3.63) is 77.5 Å². The van der Waals surface area contributed by atoms with E-state index in [0.717, 1.165) is 16.2 Å². The molecule has 132 valence electrons. The van der Waals surface area contributed by atoms with Crippen LogP contribution in [0.4, 0.5) is 0 Å². The highest BCUT2D eigenvalue weighted by molar-refractivity contribution is 8.01. The van der Waals surface area contributed by atoms with E-state index in [9.17, 15) is 4.79 Å². The third-order valence-electron chi connectivity index (χ3n) is 3.59. The van der Waals surface area contributed by atoms with Crippen molar-refractivity contribution in [3.8, 4) is 0 Å². The van der Waals surface area contributed by atoms with Crippen molar-refractivity contribution in [1.29, 1.82) is 0 Å². The first-order valence-electron chi connectivity index (χ1n) is 8.11. The first-order valence-corrected chi connectivity index (χ1v) is 8.88. The molecule has 0 saturated carbocycles. The Morgan fingerprint density at radius 3 is 2.40 bits per heavy atom. The molecular weight excluding hydrogens is 334 g/mol. The SMILES string of the molecule is C=C/C(=C\C)Sn1cc2c(n1)CN(C(=O)CCO)C2.c1ccccc1. The topological polar surface area (TPSA) is 58.4 Å². The number of fused-ring (bicyclic) bond motifs is 1. The van der Waals surface area contributed by atoms with Crippen molar-refractivity contribution < 1.29 is 9.90 Å². The maximum absolute atomic E-state index is 11.7. The van der Waals surface area contributed by atoms with Gasteiger partial charge in [0.1, 0.15) is 0 Å². The lowest BCUT2D eigenvalue weighted by Gasteiger charge is -2.14. The number of carbonyl (C=O) groups is 1. The average molecular weight is 357 g/mol. The summed E-state index contributed by atoms with van der Waals surface area (Å²) in [6.07, 6.45) is 5.88. The average Bonchev–Trinajstić information content (AvgIpc) is 3.20. The predicted molar refractivity (Wildman–Crippen MR) is 102 cm³/mol. The van der Waals surface area contributed by atoms with E-state index in [0.29, 0.717) is 13.1 Å². The third-order valence-corrected chi connectivity index (χ3v) is 4.58. The van der Waals surface area contributed by atoms with Crippen LogP contribution in [0.1, 0.15) is 24.6 Å². The summed E-state index contributed by atoms with van der Waals surface area (Å²) in [5.74, 6) is -0.0278. The van der Waals surface area contributed by atoms with Gasteiger partial charge in [0.25, 0.3) is 0 Å². The molecule has 1 aliphatic rings. The Hall–Kier alpha value is -2.31. The van der Waals surface area contributed by atoms with Crippen LogP contribution < -0.4 is 0 Å². The van der Waals surface area contributed by atoms with Gasteiger partial charge in [0.15, 0.2) is 0 Å². The third kappa shape index (κ3) is 5.62. The fourth-order valence-electron chi connectivity index (χ4n) is 2.31. The van der Waals surface area contributed by atoms with Crippen molar-refractivity contribution >= 4 is 17.9 Å². The van der Waals surface area contributed by atoms with Crippen LogP contribution in [-0.2, 0) is 17.9 Å². The van der Waals surface area contributed by atoms with Crippen LogP contribution in [0.2, 0.25) is 0 Å². The van der Waals surface area contributed by atoms with Crippen LogP contribution in [0.3, 0.4) is 0 Å². The van der Waals surface area contributed by atoms with Crippen molar-refractivity contribution in [2.24, 2.45) is 0 Å². The lowest BCUT2D eigenvalue weighted by Crippen LogP contribution is -2.26. The smallest absolute Gasteiger partial charge is 0.225 e. The van der Waals surface area contributed by atoms with Crippen LogP contribution in [0.5, 0.6) is 0 Å². The van der Waals surface area contributed by atoms with Gasteiger partial charge in [-0.1, -0.05) is 55.1 Å². The molecule has 2 heterocycles. The largest absolute Gasteiger partial charge is 0.396 e. The van der Waals surface area contributed by atoms with Gasteiger partial charge >= 0.3 is 0 Å². The molecule has 1 amide bonds. The zero-order valence-corrected chi connectivity index (χ0v) is 15.2. The Morgan fingerprint density at radius 2 is 1.92 bits per heavy atom. The van der Waals surface area contributed by atoms with Gasteiger partial charge in [0.2, 0.25) is 5.91 Å². The predicted octanol–water partition coefficient (Wildman–Crippen LogP) is 3.38. The van der Waals surface area contributed by atoms with Gasteiger partial charge in [-0.2, -0.15) is 5.10 Å². The molecule has 1 aromatic carbocycles. The maximum atomic E-state index is 11.7. The number of rotatable bonds is 5. The molecule has 1 aromatic heterocycles. The fraction of sp³-hybridized carbons (Fsp3) is 0.263. The molecule has 1 N–H and O–H groups in total. The summed E-state index contributed by atoms with van der Waals surface area (Å²) in [5, 5.41) is 13.2. The molecule has 0 aliphatic carbocycles. The minimum Gasteiger partial charge on any atom is -0.396 e. The van der Waals surface area contributed by atoms with Crippen molar-refractivity contribution in [1.82, 2.24) is 14.1 Å². The summed E-state index contributed by atoms with van der Waals surface area (Å²) < 4.78 is 1.80. The summed E-state index contributed by atoms with van der Waals surface area (Å²) in [6.45, 7) is 6.70. The highest BCUT2D eigenvalue weighted by atomic mass is 32.2. The van der Waals surface area contributed by atoms with E-state index < -0.39 is 0 Å². The molecule has 0 unspecified atom stereocenters. The first-order chi connectivity index (χ1) is 12.2. The quantitative estimate of drug-likeness (QED) is 0.834. The van der Waals surface area contributed by atoms with E-state index in [-0.39, 0.29) is 18.9 Å². The standard InChI is InChI=1S/C13H17N3O2S.C6H6/c1-3-11(4-2)19-16-8-10-7-15(9-12(10)14-16)13(18)5-6-17;1-2-4-6-5-3-1/h3-4,8,17H,1,5-7,9H2,2H3;1-6H/b11-4+;. The number of nitrogens with zero attached hydrogens (tertiary/aromatic N) is 3. The van der Waals surface area contributed by atoms with Crippen LogP contribution in [0.25, 0.3) is 0 Å². The van der Waals surface area contributed by atoms with Crippen molar-refractivity contribution in [2.75, 3.05) is 6.61 Å². The van der Waals surface area contributed by atoms with Crippen LogP contribution in [-0.4, -0.2) is 31.7 Å². The molecule has 0 spiro atoms. The monoisotopic (exact) mass is 357 g/mol. The Kier molecular flexibility index (Phi) is 7.50. The molecule has 0 radical (unpaired) electrons. The van der Waals surface area contributed by atoms with Crippen LogP contribution in [0, 0.1) is 0 Å². The normalized spacial score (nSPS) is 13.0. The molecule has 1 aliphatic heterocycles. The van der Waals surface area contributed by atoms with Crippen molar-refractivity contribution in [2.45, 2.75) is 26.4 Å². The number of aliphatic hydroxyl groups is 1. The van der Waals surface area contributed by atoms with Gasteiger partial charge in [0, 0.05) is 41.6 Å². The van der Waals surface area contributed by atoms with Gasteiger partial charge in [-0.05, 0) is 6.92 Å². The minimum absolute atomic E-state index is 0.0278. The summed E-state index contributed by atoms with van der Waals surface area (Å²) in [4.78, 5) is 14.4. The number of hydrogen-bond donors (Lipinski definition) is 1. The molecule has 0 saturated heterocycles. The zero-order valence-electron chi connectivity index (χ0n) is 14.3. The molecular formula is C19H23N3O2S. The molecule has 25 heavy (non-hydrogen) atoms. The molecule has 0 fully saturated rings. The van der Waals surface area contributed by atoms with Gasteiger partial charge in [-0.3, -0.25) is 4.79 Å². The summed E-state index contributed by atoms with van der Waals surface area (Å²) >= 11 is 1.50. The number of carbonyl (C=O) groups excluding carboxylic acids is 1. The molecule has 5 nitrogen and oxygen atoms in total. The highest BCUT2D eigenvalue weighted by Gasteiger charge is 2.26. The van der Waals surface area contributed by atoms with E-state index in [1.54, 1.807) is 15.1 Å². The van der Waals surface area contributed by atoms with E-state index in [4.69, 9.17) is 5.11 Å². The number of amides is 1. The van der Waals surface area contributed by atoms with Gasteiger partial charge in [-0.15, -0.1) is 0 Å². The first kappa shape index (κ1) is 19.0. The maximum Gasteiger partial charge on any atom is 0.225 e. The van der Waals surface area contributed by atoms with E-state index >= 15 is 0 Å². The number of aromatic nitrogens is 2. The fourth-order valence-corrected chi connectivity index (χ4v) is 3.02. The number of aliphatic hydroxyl groups excluding tert-OH is 1. The van der Waals surface area contributed by atoms with Crippen molar-refractivity contribution in [3.63, 3.8) is 0 Å². The second-order valence-electron chi connectivity index (χ2n) is 5.37. The Bertz CT molecular complexity index is 675. The van der Waals surface area contributed by atoms with Crippen LogP contribution in [0.15, 0.2) is 66.2 Å². The van der Waals surface area contributed by atoms with Crippen LogP contribution >= 0.6 is 11.9 Å². The van der Waals surface area contributed by atoms with E-state index in [2.05, 4.69) is 11.7 Å². The van der Waals surface area contributed by atoms with E-state index in [1.807, 2.05) is 55.6 Å². The summed E-state index contributed by atoms with van der Waals surface area (Å²) in [7, 11) is 0. The second kappa shape index (κ2) is 9.86. The zero-order chi connectivity index (χ0) is 18.1. The minimum atomic E-state index is -0.104. The second-order valence-corrected chi connectivity index (χ2v) is 6.40. The van der Waals surface area contributed by atoms with E-state index in [1.165, 1.54) is 11.9 Å². The van der Waals surface area contributed by atoms with Gasteiger partial charge in [0.05, 0.1) is 18.8 Å². The summed E-state index contributed by atoms with van der Waals surface area (Å²) in [5.41, 5.74) is 2.00. The summed E-state index contributed by atoms with van der Waals surface area (Å²) in [6, 6.07) is 12.0. The number of benzene rings is 1. The molecule has 3 rings (SSSR count). The molecule has 0 atom stereocenters. The van der Waals surface area contributed by atoms with Gasteiger partial charge in [-0.25, -0.2) is 4.09 Å². The lowest BCUT2D eigenvalue weighted by molar-refractivity contribution is -0.132. The number of hydrogen-bond acceptors (Lipinski definition) is 4. The molecule has 2 aromatic rings. The Morgan fingerprint density at radius 1 is 1.28 bits per heavy atom.